The Morgan fingerprint density at radius 3 is 2.43 bits per heavy atom. The molecule has 2 rings (SSSR count). The van der Waals surface area contributed by atoms with E-state index in [0.29, 0.717) is 12.1 Å². The molecule has 1 saturated heterocycles. The summed E-state index contributed by atoms with van der Waals surface area (Å²) in [6.45, 7) is 6.76. The Labute approximate surface area is 128 Å². The predicted octanol–water partition coefficient (Wildman–Crippen LogP) is 3.06. The van der Waals surface area contributed by atoms with Crippen LogP contribution in [0, 0.1) is 0 Å². The van der Waals surface area contributed by atoms with E-state index >= 15 is 0 Å². The summed E-state index contributed by atoms with van der Waals surface area (Å²) in [5.41, 5.74) is 1.23. The van der Waals surface area contributed by atoms with Crippen molar-refractivity contribution in [3.8, 4) is 11.5 Å². The molecule has 0 saturated carbocycles. The summed E-state index contributed by atoms with van der Waals surface area (Å²) in [5, 5.41) is 3.45. The highest BCUT2D eigenvalue weighted by Crippen LogP contribution is 2.34. The topological polar surface area (TPSA) is 33.7 Å². The Morgan fingerprint density at radius 1 is 1.19 bits per heavy atom. The summed E-state index contributed by atoms with van der Waals surface area (Å²) in [4.78, 5) is 2.56. The Balaban J connectivity index is 2.31. The van der Waals surface area contributed by atoms with Gasteiger partial charge in [0.2, 0.25) is 0 Å². The normalized spacial score (nSPS) is 17.3. The number of ether oxygens (including phenoxy) is 2. The zero-order chi connectivity index (χ0) is 15.2. The van der Waals surface area contributed by atoms with E-state index in [9.17, 15) is 0 Å². The third-order valence-electron chi connectivity index (χ3n) is 4.43. The molecule has 118 valence electrons. The molecule has 1 unspecified atom stereocenters. The van der Waals surface area contributed by atoms with Crippen LogP contribution in [0.1, 0.15) is 33.1 Å². The number of hydrogen-bond donors (Lipinski definition) is 1. The predicted molar refractivity (Wildman–Crippen MR) is 87.7 cm³/mol. The molecule has 0 amide bonds. The molecule has 1 atom stereocenters. The fourth-order valence-corrected chi connectivity index (χ4v) is 3.09. The highest BCUT2D eigenvalue weighted by Gasteiger charge is 2.25. The number of nitrogens with one attached hydrogen (secondary N) is 1. The number of rotatable bonds is 6. The summed E-state index contributed by atoms with van der Waals surface area (Å²) in [6, 6.07) is 7.37. The van der Waals surface area contributed by atoms with Crippen LogP contribution in [-0.4, -0.2) is 39.4 Å². The summed E-state index contributed by atoms with van der Waals surface area (Å²) in [5.74, 6) is 1.59. The van der Waals surface area contributed by atoms with Gasteiger partial charge in [0.15, 0.2) is 11.5 Å². The van der Waals surface area contributed by atoms with Gasteiger partial charge >= 0.3 is 0 Å². The van der Waals surface area contributed by atoms with Crippen molar-refractivity contribution in [3.05, 3.63) is 18.2 Å². The molecule has 4 heteroatoms. The second kappa shape index (κ2) is 7.55. The summed E-state index contributed by atoms with van der Waals surface area (Å²) >= 11 is 0. The van der Waals surface area contributed by atoms with E-state index in [1.807, 2.05) is 6.07 Å². The average Bonchev–Trinajstić information content (AvgIpc) is 2.55. The highest BCUT2D eigenvalue weighted by atomic mass is 16.5. The van der Waals surface area contributed by atoms with Crippen molar-refractivity contribution in [2.75, 3.05) is 32.2 Å². The first-order chi connectivity index (χ1) is 10.2. The Hall–Kier alpha value is -1.42. The van der Waals surface area contributed by atoms with Crippen LogP contribution in [0.25, 0.3) is 0 Å². The van der Waals surface area contributed by atoms with Gasteiger partial charge in [-0.1, -0.05) is 6.92 Å². The van der Waals surface area contributed by atoms with Gasteiger partial charge in [0.1, 0.15) is 0 Å². The average molecular weight is 292 g/mol. The number of hydrogen-bond acceptors (Lipinski definition) is 4. The van der Waals surface area contributed by atoms with E-state index < -0.39 is 0 Å². The van der Waals surface area contributed by atoms with E-state index in [4.69, 9.17) is 9.47 Å². The molecule has 0 aliphatic carbocycles. The van der Waals surface area contributed by atoms with Gasteiger partial charge in [-0.3, -0.25) is 0 Å². The first-order valence-corrected chi connectivity index (χ1v) is 7.92. The van der Waals surface area contributed by atoms with Crippen molar-refractivity contribution in [3.63, 3.8) is 0 Å². The van der Waals surface area contributed by atoms with Crippen molar-refractivity contribution in [1.82, 2.24) is 5.32 Å². The molecular weight excluding hydrogens is 264 g/mol. The lowest BCUT2D eigenvalue weighted by Crippen LogP contribution is -2.47. The molecule has 21 heavy (non-hydrogen) atoms. The van der Waals surface area contributed by atoms with Crippen LogP contribution in [0.4, 0.5) is 5.69 Å². The molecule has 1 heterocycles. The molecule has 0 bridgehead atoms. The highest BCUT2D eigenvalue weighted by molar-refractivity contribution is 5.57. The van der Waals surface area contributed by atoms with Gasteiger partial charge in [-0.05, 0) is 51.4 Å². The fraction of sp³-hybridized carbons (Fsp3) is 0.647. The zero-order valence-corrected chi connectivity index (χ0v) is 13.7. The first-order valence-electron chi connectivity index (χ1n) is 7.92. The molecule has 1 aliphatic heterocycles. The first kappa shape index (κ1) is 16.0. The van der Waals surface area contributed by atoms with Crippen LogP contribution in [0.15, 0.2) is 18.2 Å². The van der Waals surface area contributed by atoms with E-state index in [1.54, 1.807) is 14.2 Å². The van der Waals surface area contributed by atoms with E-state index in [1.165, 1.54) is 18.5 Å². The van der Waals surface area contributed by atoms with E-state index in [0.717, 1.165) is 31.0 Å². The molecule has 1 aliphatic rings. The van der Waals surface area contributed by atoms with Crippen molar-refractivity contribution in [2.24, 2.45) is 0 Å². The summed E-state index contributed by atoms with van der Waals surface area (Å²) < 4.78 is 10.8. The molecule has 0 spiro atoms. The minimum Gasteiger partial charge on any atom is -0.493 e. The number of methoxy groups -OCH3 is 2. The minimum absolute atomic E-state index is 0.520. The molecule has 4 nitrogen and oxygen atoms in total. The van der Waals surface area contributed by atoms with E-state index in [-0.39, 0.29) is 0 Å². The van der Waals surface area contributed by atoms with Crippen LogP contribution < -0.4 is 19.7 Å². The van der Waals surface area contributed by atoms with Crippen molar-refractivity contribution in [2.45, 2.75) is 45.2 Å². The number of benzene rings is 1. The summed E-state index contributed by atoms with van der Waals surface area (Å²) in [7, 11) is 3.37. The van der Waals surface area contributed by atoms with Crippen molar-refractivity contribution in [1.29, 1.82) is 0 Å². The molecule has 1 aromatic carbocycles. The lowest BCUT2D eigenvalue weighted by molar-refractivity contribution is 0.354. The summed E-state index contributed by atoms with van der Waals surface area (Å²) in [6.07, 6.45) is 3.52. The standard InChI is InChI=1S/C17H28N2O2/c1-5-13(2)19(14-8-10-18-11-9-14)15-6-7-16(20-3)17(12-15)21-4/h6-7,12-14,18H,5,8-11H2,1-4H3. The van der Waals surface area contributed by atoms with Gasteiger partial charge in [-0.25, -0.2) is 0 Å². The van der Waals surface area contributed by atoms with E-state index in [2.05, 4.69) is 36.2 Å². The quantitative estimate of drug-likeness (QED) is 0.874. The minimum atomic E-state index is 0.520. The monoisotopic (exact) mass is 292 g/mol. The largest absolute Gasteiger partial charge is 0.493 e. The Bertz CT molecular complexity index is 444. The van der Waals surface area contributed by atoms with Gasteiger partial charge in [0.25, 0.3) is 0 Å². The van der Waals surface area contributed by atoms with Crippen molar-refractivity contribution < 1.29 is 9.47 Å². The molecule has 1 N–H and O–H groups in total. The second-order valence-electron chi connectivity index (χ2n) is 5.68. The van der Waals surface area contributed by atoms with Gasteiger partial charge in [0.05, 0.1) is 14.2 Å². The smallest absolute Gasteiger partial charge is 0.162 e. The second-order valence-corrected chi connectivity index (χ2v) is 5.68. The zero-order valence-electron chi connectivity index (χ0n) is 13.7. The molecule has 1 aromatic rings. The lowest BCUT2D eigenvalue weighted by Gasteiger charge is -2.40. The van der Waals surface area contributed by atoms with Crippen LogP contribution in [-0.2, 0) is 0 Å². The van der Waals surface area contributed by atoms with Crippen LogP contribution in [0.2, 0.25) is 0 Å². The van der Waals surface area contributed by atoms with Gasteiger partial charge in [-0.2, -0.15) is 0 Å². The number of piperidine rings is 1. The van der Waals surface area contributed by atoms with Crippen LogP contribution in [0.5, 0.6) is 11.5 Å². The Kier molecular flexibility index (Phi) is 5.74. The molecular formula is C17H28N2O2. The van der Waals surface area contributed by atoms with Gasteiger partial charge in [-0.15, -0.1) is 0 Å². The number of nitrogens with zero attached hydrogens (tertiary/aromatic N) is 1. The van der Waals surface area contributed by atoms with Crippen LogP contribution >= 0.6 is 0 Å². The molecule has 1 fully saturated rings. The third kappa shape index (κ3) is 3.62. The SMILES string of the molecule is CCC(C)N(c1ccc(OC)c(OC)c1)C1CCNCC1. The third-order valence-corrected chi connectivity index (χ3v) is 4.43. The van der Waals surface area contributed by atoms with Crippen LogP contribution in [0.3, 0.4) is 0 Å². The maximum Gasteiger partial charge on any atom is 0.162 e. The lowest BCUT2D eigenvalue weighted by atomic mass is 10.0. The van der Waals surface area contributed by atoms with Gasteiger partial charge in [0, 0.05) is 23.8 Å². The molecule has 0 radical (unpaired) electrons. The van der Waals surface area contributed by atoms with Crippen molar-refractivity contribution >= 4 is 5.69 Å². The Morgan fingerprint density at radius 2 is 1.86 bits per heavy atom. The maximum atomic E-state index is 5.46. The number of anilines is 1. The van der Waals surface area contributed by atoms with Gasteiger partial charge < -0.3 is 19.7 Å². The fourth-order valence-electron chi connectivity index (χ4n) is 3.09. The maximum absolute atomic E-state index is 5.46. The molecule has 0 aromatic heterocycles.